The second kappa shape index (κ2) is 7.20. The Kier molecular flexibility index (Phi) is 5.15. The molecule has 1 fully saturated rings. The van der Waals surface area contributed by atoms with Crippen LogP contribution in [0.25, 0.3) is 0 Å². The normalized spacial score (nSPS) is 15.8. The molecule has 0 bridgehead atoms. The minimum Gasteiger partial charge on any atom is -0.307 e. The van der Waals surface area contributed by atoms with Crippen LogP contribution in [0, 0.1) is 13.8 Å². The molecule has 8 heteroatoms. The number of nitrogens with one attached hydrogen (secondary N) is 1. The van der Waals surface area contributed by atoms with Crippen molar-refractivity contribution in [3.05, 3.63) is 41.1 Å². The summed E-state index contributed by atoms with van der Waals surface area (Å²) in [4.78, 5) is 12.8. The standard InChI is InChI=1S/C18H24N4O3S/c1-13-7-8-15(18(23)19-17-11-14(2)20-21(17)3)12-16(13)26(24,25)22-9-5-4-6-10-22/h7-8,11-12H,4-6,9-10H2,1-3H3,(H,19,23). The summed E-state index contributed by atoms with van der Waals surface area (Å²) in [7, 11) is -1.85. The van der Waals surface area contributed by atoms with E-state index in [0.29, 0.717) is 30.0 Å². The maximum atomic E-state index is 13.0. The van der Waals surface area contributed by atoms with E-state index < -0.39 is 10.0 Å². The molecular formula is C18H24N4O3S. The lowest BCUT2D eigenvalue weighted by molar-refractivity contribution is 0.102. The Bertz CT molecular complexity index is 928. The first-order chi connectivity index (χ1) is 12.3. The fraction of sp³-hybridized carbons (Fsp3) is 0.444. The Labute approximate surface area is 154 Å². The van der Waals surface area contributed by atoms with Gasteiger partial charge in [-0.25, -0.2) is 8.42 Å². The lowest BCUT2D eigenvalue weighted by atomic mass is 10.1. The SMILES string of the molecule is Cc1cc(NC(=O)c2ccc(C)c(S(=O)(=O)N3CCCCC3)c2)n(C)n1. The van der Waals surface area contributed by atoms with Gasteiger partial charge >= 0.3 is 0 Å². The highest BCUT2D eigenvalue weighted by Gasteiger charge is 2.28. The van der Waals surface area contributed by atoms with Gasteiger partial charge in [0.05, 0.1) is 10.6 Å². The molecule has 2 aromatic rings. The van der Waals surface area contributed by atoms with Gasteiger partial charge < -0.3 is 5.32 Å². The summed E-state index contributed by atoms with van der Waals surface area (Å²) in [5.74, 6) is 0.205. The largest absolute Gasteiger partial charge is 0.307 e. The highest BCUT2D eigenvalue weighted by atomic mass is 32.2. The van der Waals surface area contributed by atoms with Crippen molar-refractivity contribution >= 4 is 21.7 Å². The Morgan fingerprint density at radius 1 is 1.12 bits per heavy atom. The first-order valence-electron chi connectivity index (χ1n) is 8.72. The molecule has 1 aromatic heterocycles. The van der Waals surface area contributed by atoms with Gasteiger partial charge in [0, 0.05) is 31.8 Å². The van der Waals surface area contributed by atoms with Crippen LogP contribution in [0.2, 0.25) is 0 Å². The maximum Gasteiger partial charge on any atom is 0.256 e. The van der Waals surface area contributed by atoms with E-state index in [1.807, 2.05) is 6.92 Å². The molecule has 1 saturated heterocycles. The predicted molar refractivity (Wildman–Crippen MR) is 99.7 cm³/mol. The summed E-state index contributed by atoms with van der Waals surface area (Å²) in [6, 6.07) is 6.55. The molecular weight excluding hydrogens is 352 g/mol. The number of rotatable bonds is 4. The minimum absolute atomic E-state index is 0.202. The molecule has 0 spiro atoms. The molecule has 1 N–H and O–H groups in total. The number of aryl methyl sites for hydroxylation is 3. The van der Waals surface area contributed by atoms with E-state index in [9.17, 15) is 13.2 Å². The third-order valence-electron chi connectivity index (χ3n) is 4.63. The van der Waals surface area contributed by atoms with Crippen LogP contribution in [0.15, 0.2) is 29.2 Å². The number of carbonyl (C=O) groups is 1. The molecule has 0 saturated carbocycles. The number of nitrogens with zero attached hydrogens (tertiary/aromatic N) is 3. The van der Waals surface area contributed by atoms with Gasteiger partial charge in [-0.3, -0.25) is 9.48 Å². The summed E-state index contributed by atoms with van der Waals surface area (Å²) >= 11 is 0. The summed E-state index contributed by atoms with van der Waals surface area (Å²) in [5.41, 5.74) is 1.74. The zero-order chi connectivity index (χ0) is 18.9. The third kappa shape index (κ3) is 3.66. The molecule has 140 valence electrons. The lowest BCUT2D eigenvalue weighted by Gasteiger charge is -2.26. The summed E-state index contributed by atoms with van der Waals surface area (Å²) in [6.07, 6.45) is 2.80. The number of amides is 1. The third-order valence-corrected chi connectivity index (χ3v) is 6.67. The van der Waals surface area contributed by atoms with Crippen molar-refractivity contribution in [2.75, 3.05) is 18.4 Å². The Morgan fingerprint density at radius 3 is 2.42 bits per heavy atom. The van der Waals surface area contributed by atoms with Crippen molar-refractivity contribution in [3.8, 4) is 0 Å². The van der Waals surface area contributed by atoms with E-state index in [4.69, 9.17) is 0 Å². The summed E-state index contributed by atoms with van der Waals surface area (Å²) in [6.45, 7) is 4.66. The highest BCUT2D eigenvalue weighted by molar-refractivity contribution is 7.89. The lowest BCUT2D eigenvalue weighted by Crippen LogP contribution is -2.36. The number of piperidine rings is 1. The van der Waals surface area contributed by atoms with Gasteiger partial charge in [0.2, 0.25) is 10.0 Å². The molecule has 26 heavy (non-hydrogen) atoms. The Morgan fingerprint density at radius 2 is 1.81 bits per heavy atom. The van der Waals surface area contributed by atoms with Gasteiger partial charge in [-0.1, -0.05) is 12.5 Å². The second-order valence-corrected chi connectivity index (χ2v) is 8.60. The molecule has 1 aliphatic heterocycles. The first-order valence-corrected chi connectivity index (χ1v) is 10.2. The minimum atomic E-state index is -3.59. The maximum absolute atomic E-state index is 13.0. The van der Waals surface area contributed by atoms with E-state index in [2.05, 4.69) is 10.4 Å². The molecule has 2 heterocycles. The molecule has 1 aliphatic rings. The van der Waals surface area contributed by atoms with E-state index in [-0.39, 0.29) is 10.8 Å². The zero-order valence-electron chi connectivity index (χ0n) is 15.3. The monoisotopic (exact) mass is 376 g/mol. The van der Waals surface area contributed by atoms with E-state index in [1.54, 1.807) is 36.9 Å². The van der Waals surface area contributed by atoms with Crippen molar-refractivity contribution < 1.29 is 13.2 Å². The van der Waals surface area contributed by atoms with E-state index in [1.165, 1.54) is 10.4 Å². The van der Waals surface area contributed by atoms with Crippen molar-refractivity contribution in [2.24, 2.45) is 7.05 Å². The zero-order valence-corrected chi connectivity index (χ0v) is 16.1. The van der Waals surface area contributed by atoms with Crippen LogP contribution in [-0.4, -0.2) is 41.5 Å². The van der Waals surface area contributed by atoms with Crippen molar-refractivity contribution in [1.29, 1.82) is 0 Å². The summed E-state index contributed by atoms with van der Waals surface area (Å²) in [5, 5.41) is 6.97. The van der Waals surface area contributed by atoms with Gasteiger partial charge in [0.15, 0.2) is 0 Å². The molecule has 7 nitrogen and oxygen atoms in total. The van der Waals surface area contributed by atoms with Crippen LogP contribution in [-0.2, 0) is 17.1 Å². The van der Waals surface area contributed by atoms with Crippen LogP contribution in [0.3, 0.4) is 0 Å². The summed E-state index contributed by atoms with van der Waals surface area (Å²) < 4.78 is 29.1. The average Bonchev–Trinajstić information content (AvgIpc) is 2.93. The van der Waals surface area contributed by atoms with Crippen molar-refractivity contribution in [1.82, 2.24) is 14.1 Å². The van der Waals surface area contributed by atoms with Crippen LogP contribution in [0.5, 0.6) is 0 Å². The van der Waals surface area contributed by atoms with Crippen LogP contribution >= 0.6 is 0 Å². The molecule has 0 unspecified atom stereocenters. The number of hydrogen-bond donors (Lipinski definition) is 1. The van der Waals surface area contributed by atoms with Crippen LogP contribution in [0.4, 0.5) is 5.82 Å². The van der Waals surface area contributed by atoms with Gasteiger partial charge in [0.25, 0.3) is 5.91 Å². The smallest absolute Gasteiger partial charge is 0.256 e. The van der Waals surface area contributed by atoms with Crippen molar-refractivity contribution in [3.63, 3.8) is 0 Å². The number of anilines is 1. The number of benzene rings is 1. The fourth-order valence-electron chi connectivity index (χ4n) is 3.18. The molecule has 0 radical (unpaired) electrons. The van der Waals surface area contributed by atoms with E-state index in [0.717, 1.165) is 25.0 Å². The Balaban J connectivity index is 1.89. The molecule has 1 aromatic carbocycles. The molecule has 0 aliphatic carbocycles. The first kappa shape index (κ1) is 18.6. The van der Waals surface area contributed by atoms with Gasteiger partial charge in [-0.2, -0.15) is 9.40 Å². The topological polar surface area (TPSA) is 84.3 Å². The number of hydrogen-bond acceptors (Lipinski definition) is 4. The number of carbonyl (C=O) groups excluding carboxylic acids is 1. The van der Waals surface area contributed by atoms with Crippen LogP contribution in [0.1, 0.15) is 40.9 Å². The van der Waals surface area contributed by atoms with E-state index >= 15 is 0 Å². The second-order valence-electron chi connectivity index (χ2n) is 6.69. The number of sulfonamides is 1. The highest BCUT2D eigenvalue weighted by Crippen LogP contribution is 2.24. The average molecular weight is 376 g/mol. The van der Waals surface area contributed by atoms with Crippen LogP contribution < -0.4 is 5.32 Å². The number of aromatic nitrogens is 2. The predicted octanol–water partition coefficient (Wildman–Crippen LogP) is 2.46. The molecule has 3 rings (SSSR count). The van der Waals surface area contributed by atoms with Gasteiger partial charge in [0.1, 0.15) is 5.82 Å². The Hall–Kier alpha value is -2.19. The van der Waals surface area contributed by atoms with Gasteiger partial charge in [-0.15, -0.1) is 0 Å². The quantitative estimate of drug-likeness (QED) is 0.888. The molecule has 0 atom stereocenters. The van der Waals surface area contributed by atoms with Crippen molar-refractivity contribution in [2.45, 2.75) is 38.0 Å². The van der Waals surface area contributed by atoms with Gasteiger partial charge in [-0.05, 0) is 44.4 Å². The fourth-order valence-corrected chi connectivity index (χ4v) is 4.95. The molecule has 1 amide bonds.